The smallest absolute Gasteiger partial charge is 0.326 e. The number of alkyl halides is 2. The van der Waals surface area contributed by atoms with Crippen LogP contribution in [0.3, 0.4) is 0 Å². The number of rotatable bonds is 4. The van der Waals surface area contributed by atoms with Crippen molar-refractivity contribution in [1.82, 2.24) is 4.90 Å². The molecule has 3 aliphatic carbocycles. The van der Waals surface area contributed by atoms with Crippen LogP contribution in [0.25, 0.3) is 0 Å². The highest BCUT2D eigenvalue weighted by atomic mass is 35.5. The molecule has 1 aliphatic heterocycles. The molecule has 3 atom stereocenters. The van der Waals surface area contributed by atoms with E-state index in [-0.39, 0.29) is 47.0 Å². The van der Waals surface area contributed by atoms with Crippen LogP contribution in [-0.2, 0) is 14.3 Å². The summed E-state index contributed by atoms with van der Waals surface area (Å²) in [7, 11) is 0. The first-order valence-corrected chi connectivity index (χ1v) is 13.0. The number of thioether (sulfide) groups is 1. The number of hydrogen-bond donors (Lipinski definition) is 0. The molecule has 0 radical (unpaired) electrons. The van der Waals surface area contributed by atoms with Crippen LogP contribution in [0.4, 0.5) is 0 Å². The number of ether oxygens (including phenoxy) is 1. The molecular weight excluding hydrogens is 469 g/mol. The summed E-state index contributed by atoms with van der Waals surface area (Å²) in [5.41, 5.74) is 1.54. The molecule has 0 unspecified atom stereocenters. The Labute approximate surface area is 204 Å². The second kappa shape index (κ2) is 8.02. The van der Waals surface area contributed by atoms with Crippen LogP contribution >= 0.6 is 35.0 Å². The van der Waals surface area contributed by atoms with Crippen LogP contribution in [0.15, 0.2) is 21.9 Å². The molecule has 9 heteroatoms. The summed E-state index contributed by atoms with van der Waals surface area (Å²) in [5.74, 6) is -0.130. The summed E-state index contributed by atoms with van der Waals surface area (Å²) in [6.45, 7) is 10.7. The molecule has 0 N–H and O–H groups in total. The van der Waals surface area contributed by atoms with Crippen molar-refractivity contribution in [3.8, 4) is 0 Å². The lowest BCUT2D eigenvalue weighted by atomic mass is 9.62. The first-order valence-electron chi connectivity index (χ1n) is 11.2. The molecule has 4 rings (SSSR count). The second-order valence-corrected chi connectivity index (χ2v) is 12.5. The molecule has 6 nitrogen and oxygen atoms in total. The number of amidine groups is 1. The zero-order valence-corrected chi connectivity index (χ0v) is 21.7. The number of carbonyl (C=O) groups is 2. The van der Waals surface area contributed by atoms with E-state index in [9.17, 15) is 9.59 Å². The largest absolute Gasteiger partial charge is 0.465 e. The fraction of sp³-hybridized carbons (Fsp3) is 0.739. The summed E-state index contributed by atoms with van der Waals surface area (Å²) in [4.78, 5) is 25.5. The summed E-state index contributed by atoms with van der Waals surface area (Å²) in [6, 6.07) is 0. The molecule has 4 aliphatic rings. The lowest BCUT2D eigenvalue weighted by Gasteiger charge is -2.42. The van der Waals surface area contributed by atoms with Crippen molar-refractivity contribution in [3.63, 3.8) is 0 Å². The molecule has 1 amide bonds. The SMILES string of the molecule is CCOC(=O)CN1C(=O)CS/C1=N\N=C1/C[C@]23[C@H](C=C1C)C(C)(C)CCC[C@@]2(C)C3(Cl)Cl. The third-order valence-corrected chi connectivity index (χ3v) is 10.5. The van der Waals surface area contributed by atoms with E-state index in [0.717, 1.165) is 30.5 Å². The number of halogens is 2. The van der Waals surface area contributed by atoms with Crippen LogP contribution in [0.5, 0.6) is 0 Å². The minimum atomic E-state index is -0.818. The Hall–Kier alpha value is -1.05. The lowest BCUT2D eigenvalue weighted by molar-refractivity contribution is -0.145. The van der Waals surface area contributed by atoms with Crippen LogP contribution < -0.4 is 0 Å². The minimum absolute atomic E-state index is 0.0894. The number of allylic oxidation sites excluding steroid dienone is 2. The monoisotopic (exact) mass is 499 g/mol. The van der Waals surface area contributed by atoms with Crippen LogP contribution in [0.2, 0.25) is 0 Å². The van der Waals surface area contributed by atoms with E-state index >= 15 is 0 Å². The molecular formula is C23H31Cl2N3O3S. The Balaban J connectivity index is 1.67. The first-order chi connectivity index (χ1) is 14.9. The van der Waals surface area contributed by atoms with Gasteiger partial charge in [-0.15, -0.1) is 28.3 Å². The molecule has 0 aromatic rings. The quantitative estimate of drug-likeness (QED) is 0.303. The Morgan fingerprint density at radius 2 is 2.00 bits per heavy atom. The molecule has 0 bridgehead atoms. The standard InChI is InChI=1S/C23H31Cl2N3O3S/c1-6-31-18(30)12-28-17(29)13-32-19(28)27-26-15-11-22-16(10-14(15)2)20(3,4)8-7-9-21(22,5)23(22,24)25/h10,16H,6-9,11-13H2,1-5H3/b26-15+,27-19-/t16-,21-,22+/m1/s1. The van der Waals surface area contributed by atoms with Gasteiger partial charge in [0.1, 0.15) is 10.9 Å². The van der Waals surface area contributed by atoms with Crippen molar-refractivity contribution in [2.75, 3.05) is 18.9 Å². The zero-order valence-electron chi connectivity index (χ0n) is 19.3. The molecule has 1 saturated heterocycles. The highest BCUT2D eigenvalue weighted by molar-refractivity contribution is 8.15. The highest BCUT2D eigenvalue weighted by Crippen LogP contribution is 2.87. The Morgan fingerprint density at radius 1 is 1.28 bits per heavy atom. The normalized spacial score (nSPS) is 37.6. The van der Waals surface area contributed by atoms with Gasteiger partial charge in [-0.1, -0.05) is 45.0 Å². The van der Waals surface area contributed by atoms with E-state index in [1.165, 1.54) is 16.7 Å². The third-order valence-electron chi connectivity index (χ3n) is 8.07. The van der Waals surface area contributed by atoms with Crippen molar-refractivity contribution in [3.05, 3.63) is 11.6 Å². The van der Waals surface area contributed by atoms with E-state index in [4.69, 9.17) is 27.9 Å². The van der Waals surface area contributed by atoms with Gasteiger partial charge in [0.25, 0.3) is 0 Å². The van der Waals surface area contributed by atoms with E-state index in [0.29, 0.717) is 11.6 Å². The second-order valence-electron chi connectivity index (χ2n) is 10.2. The third kappa shape index (κ3) is 3.37. The van der Waals surface area contributed by atoms with Gasteiger partial charge in [0.15, 0.2) is 5.17 Å². The van der Waals surface area contributed by atoms with Crippen LogP contribution in [0, 0.1) is 22.2 Å². The maximum atomic E-state index is 12.2. The Morgan fingerprint density at radius 3 is 2.69 bits per heavy atom. The average molecular weight is 500 g/mol. The summed E-state index contributed by atoms with van der Waals surface area (Å²) < 4.78 is 4.17. The predicted molar refractivity (Wildman–Crippen MR) is 130 cm³/mol. The minimum Gasteiger partial charge on any atom is -0.465 e. The molecule has 32 heavy (non-hydrogen) atoms. The van der Waals surface area contributed by atoms with E-state index in [1.54, 1.807) is 6.92 Å². The molecule has 1 heterocycles. The summed E-state index contributed by atoms with van der Waals surface area (Å²) >= 11 is 15.3. The van der Waals surface area contributed by atoms with E-state index in [2.05, 4.69) is 44.0 Å². The topological polar surface area (TPSA) is 71.3 Å². The van der Waals surface area contributed by atoms with Crippen molar-refractivity contribution in [2.45, 2.75) is 64.6 Å². The Kier molecular flexibility index (Phi) is 6.04. The van der Waals surface area contributed by atoms with Gasteiger partial charge in [-0.25, -0.2) is 0 Å². The van der Waals surface area contributed by atoms with Gasteiger partial charge in [-0.3, -0.25) is 14.5 Å². The fourth-order valence-corrected chi connectivity index (χ4v) is 8.19. The number of amides is 1. The lowest BCUT2D eigenvalue weighted by Crippen LogP contribution is -2.39. The molecule has 3 fully saturated rings. The molecule has 176 valence electrons. The summed E-state index contributed by atoms with van der Waals surface area (Å²) in [6.07, 6.45) is 6.18. The molecule has 0 aromatic carbocycles. The number of carbonyl (C=O) groups excluding carboxylic acids is 2. The maximum absolute atomic E-state index is 12.2. The van der Waals surface area contributed by atoms with Crippen LogP contribution in [0.1, 0.15) is 60.3 Å². The predicted octanol–water partition coefficient (Wildman–Crippen LogP) is 5.19. The van der Waals surface area contributed by atoms with Gasteiger partial charge in [-0.2, -0.15) is 5.10 Å². The zero-order chi connectivity index (χ0) is 23.5. The van der Waals surface area contributed by atoms with Gasteiger partial charge in [0, 0.05) is 17.3 Å². The van der Waals surface area contributed by atoms with Gasteiger partial charge in [-0.05, 0) is 43.6 Å². The Bertz CT molecular complexity index is 945. The highest BCUT2D eigenvalue weighted by Gasteiger charge is 2.87. The number of nitrogens with zero attached hydrogens (tertiary/aromatic N) is 3. The molecule has 0 aromatic heterocycles. The first kappa shape index (κ1) is 24.1. The van der Waals surface area contributed by atoms with Gasteiger partial charge >= 0.3 is 5.97 Å². The van der Waals surface area contributed by atoms with Gasteiger partial charge in [0.05, 0.1) is 18.1 Å². The van der Waals surface area contributed by atoms with Crippen molar-refractivity contribution < 1.29 is 14.3 Å². The molecule has 1 spiro atoms. The van der Waals surface area contributed by atoms with Crippen molar-refractivity contribution >= 4 is 57.7 Å². The summed E-state index contributed by atoms with van der Waals surface area (Å²) in [5, 5.41) is 9.39. The maximum Gasteiger partial charge on any atom is 0.326 e. The van der Waals surface area contributed by atoms with E-state index in [1.807, 2.05) is 0 Å². The average Bonchev–Trinajstić information content (AvgIpc) is 2.91. The molecule has 2 saturated carbocycles. The number of esters is 1. The van der Waals surface area contributed by atoms with Crippen molar-refractivity contribution in [2.24, 2.45) is 32.4 Å². The van der Waals surface area contributed by atoms with Gasteiger partial charge in [0.2, 0.25) is 5.91 Å². The van der Waals surface area contributed by atoms with Crippen LogP contribution in [-0.4, -0.2) is 50.9 Å². The van der Waals surface area contributed by atoms with Gasteiger partial charge < -0.3 is 4.74 Å². The number of hydrogen-bond acceptors (Lipinski definition) is 6. The fourth-order valence-electron chi connectivity index (χ4n) is 6.14. The van der Waals surface area contributed by atoms with Crippen molar-refractivity contribution in [1.29, 1.82) is 0 Å². The van der Waals surface area contributed by atoms with E-state index < -0.39 is 10.3 Å².